The number of hydrogen-bond acceptors (Lipinski definition) is 1. The second-order valence-electron chi connectivity index (χ2n) is 10.2. The van der Waals surface area contributed by atoms with Crippen LogP contribution in [0.3, 0.4) is 0 Å². The van der Waals surface area contributed by atoms with Crippen LogP contribution >= 0.6 is 11.3 Å². The fraction of sp³-hybridized carbons (Fsp3) is 0. The molecule has 9 rings (SSSR count). The summed E-state index contributed by atoms with van der Waals surface area (Å²) in [5, 5.41) is 7.75. The van der Waals surface area contributed by atoms with Crippen molar-refractivity contribution in [2.24, 2.45) is 0 Å². The Labute approximate surface area is 228 Å². The second-order valence-corrected chi connectivity index (χ2v) is 11.2. The predicted octanol–water partition coefficient (Wildman–Crippen LogP) is 10.2. The highest BCUT2D eigenvalue weighted by atomic mass is 32.1. The Morgan fingerprint density at radius 1 is 0.385 bits per heavy atom. The van der Waals surface area contributed by atoms with E-state index in [4.69, 9.17) is 0 Å². The SMILES string of the molecule is c1ccc2c(c1)sc1c(-n3c4ccccc4c4ccc(-n5c6ccccc6c6ccccc65)cc43)cccc12. The monoisotopic (exact) mass is 514 g/mol. The normalized spacial score (nSPS) is 12.1. The topological polar surface area (TPSA) is 9.86 Å². The lowest BCUT2D eigenvalue weighted by molar-refractivity contribution is 1.16. The zero-order valence-electron chi connectivity index (χ0n) is 21.0. The Hall–Kier alpha value is -4.86. The second kappa shape index (κ2) is 7.83. The van der Waals surface area contributed by atoms with Crippen LogP contribution in [0.15, 0.2) is 133 Å². The van der Waals surface area contributed by atoms with Crippen LogP contribution in [-0.2, 0) is 0 Å². The number of fused-ring (bicyclic) bond motifs is 9. The molecule has 0 saturated heterocycles. The molecule has 0 bridgehead atoms. The first kappa shape index (κ1) is 21.1. The fourth-order valence-corrected chi connectivity index (χ4v) is 7.67. The first-order valence-corrected chi connectivity index (χ1v) is 14.1. The van der Waals surface area contributed by atoms with Crippen LogP contribution in [0.5, 0.6) is 0 Å². The van der Waals surface area contributed by atoms with Crippen molar-refractivity contribution in [1.82, 2.24) is 9.13 Å². The van der Waals surface area contributed by atoms with E-state index >= 15 is 0 Å². The molecule has 3 aromatic heterocycles. The van der Waals surface area contributed by atoms with Crippen LogP contribution in [0.25, 0.3) is 75.2 Å². The molecule has 0 fully saturated rings. The summed E-state index contributed by atoms with van der Waals surface area (Å²) in [7, 11) is 0. The largest absolute Gasteiger partial charge is 0.309 e. The summed E-state index contributed by atoms with van der Waals surface area (Å²) >= 11 is 1.88. The van der Waals surface area contributed by atoms with Gasteiger partial charge in [0.15, 0.2) is 0 Å². The maximum absolute atomic E-state index is 2.47. The van der Waals surface area contributed by atoms with Gasteiger partial charge in [0.1, 0.15) is 0 Å². The third-order valence-corrected chi connectivity index (χ3v) is 9.33. The molecule has 0 radical (unpaired) electrons. The summed E-state index contributed by atoms with van der Waals surface area (Å²) in [5.41, 5.74) is 7.32. The molecule has 3 heteroatoms. The van der Waals surface area contributed by atoms with Gasteiger partial charge in [-0.05, 0) is 42.5 Å². The summed E-state index contributed by atoms with van der Waals surface area (Å²) < 4.78 is 7.53. The van der Waals surface area contributed by atoms with Gasteiger partial charge < -0.3 is 9.13 Å². The smallest absolute Gasteiger partial charge is 0.0640 e. The van der Waals surface area contributed by atoms with E-state index in [1.54, 1.807) is 0 Å². The van der Waals surface area contributed by atoms with Gasteiger partial charge in [-0.1, -0.05) is 91.0 Å². The molecule has 0 unspecified atom stereocenters. The van der Waals surface area contributed by atoms with E-state index in [0.717, 1.165) is 0 Å². The molecule has 3 heterocycles. The summed E-state index contributed by atoms with van der Waals surface area (Å²) in [5.74, 6) is 0. The van der Waals surface area contributed by atoms with E-state index in [9.17, 15) is 0 Å². The Bertz CT molecular complexity index is 2350. The first-order valence-electron chi connectivity index (χ1n) is 13.3. The van der Waals surface area contributed by atoms with Gasteiger partial charge >= 0.3 is 0 Å². The van der Waals surface area contributed by atoms with Gasteiger partial charge in [-0.3, -0.25) is 0 Å². The lowest BCUT2D eigenvalue weighted by Crippen LogP contribution is -1.97. The van der Waals surface area contributed by atoms with Crippen molar-refractivity contribution >= 4 is 75.1 Å². The summed E-state index contributed by atoms with van der Waals surface area (Å²) in [6.45, 7) is 0. The number of rotatable bonds is 2. The maximum Gasteiger partial charge on any atom is 0.0640 e. The molecule has 0 aliphatic heterocycles. The van der Waals surface area contributed by atoms with Crippen molar-refractivity contribution < 1.29 is 0 Å². The molecule has 39 heavy (non-hydrogen) atoms. The molecule has 0 N–H and O–H groups in total. The molecule has 0 aliphatic rings. The molecule has 182 valence electrons. The van der Waals surface area contributed by atoms with Gasteiger partial charge in [-0.2, -0.15) is 0 Å². The Balaban J connectivity index is 1.42. The van der Waals surface area contributed by atoms with Crippen molar-refractivity contribution in [2.75, 3.05) is 0 Å². The first-order chi connectivity index (χ1) is 19.4. The van der Waals surface area contributed by atoms with Gasteiger partial charge in [0.25, 0.3) is 0 Å². The number of thiophene rings is 1. The van der Waals surface area contributed by atoms with Gasteiger partial charge in [0.2, 0.25) is 0 Å². The number of aromatic nitrogens is 2. The van der Waals surface area contributed by atoms with E-state index in [1.165, 1.54) is 75.2 Å². The molecule has 0 atom stereocenters. The lowest BCUT2D eigenvalue weighted by Gasteiger charge is -2.12. The van der Waals surface area contributed by atoms with E-state index in [-0.39, 0.29) is 0 Å². The Morgan fingerprint density at radius 2 is 0.923 bits per heavy atom. The molecule has 9 aromatic rings. The zero-order valence-corrected chi connectivity index (χ0v) is 21.8. The molecule has 2 nitrogen and oxygen atoms in total. The standard InChI is InChI=1S/C36H22N2S/c1-5-15-30-24(10-1)25-11-2-6-16-31(25)37(30)23-20-21-27-26-12-3-7-17-32(26)38(34(27)22-23)33-18-9-14-29-28-13-4-8-19-35(28)39-36(29)33/h1-22H. The molecule has 0 spiro atoms. The van der Waals surface area contributed by atoms with Gasteiger partial charge in [-0.25, -0.2) is 0 Å². The van der Waals surface area contributed by atoms with E-state index in [0.29, 0.717) is 0 Å². The number of hydrogen-bond donors (Lipinski definition) is 0. The predicted molar refractivity (Wildman–Crippen MR) is 168 cm³/mol. The van der Waals surface area contributed by atoms with Crippen molar-refractivity contribution in [2.45, 2.75) is 0 Å². The van der Waals surface area contributed by atoms with Crippen LogP contribution in [-0.4, -0.2) is 9.13 Å². The highest BCUT2D eigenvalue weighted by Gasteiger charge is 2.18. The van der Waals surface area contributed by atoms with Gasteiger partial charge in [0, 0.05) is 42.7 Å². The van der Waals surface area contributed by atoms with Crippen molar-refractivity contribution in [3.8, 4) is 11.4 Å². The molecule has 6 aromatic carbocycles. The third-order valence-electron chi connectivity index (χ3n) is 8.12. The number of nitrogens with zero attached hydrogens (tertiary/aromatic N) is 2. The van der Waals surface area contributed by atoms with E-state index in [1.807, 2.05) is 11.3 Å². The lowest BCUT2D eigenvalue weighted by atomic mass is 10.1. The van der Waals surface area contributed by atoms with E-state index in [2.05, 4.69) is 143 Å². The molecular formula is C36H22N2S. The molecular weight excluding hydrogens is 492 g/mol. The molecule has 0 saturated carbocycles. The number of benzene rings is 6. The maximum atomic E-state index is 2.47. The van der Waals surface area contributed by atoms with Crippen molar-refractivity contribution in [3.63, 3.8) is 0 Å². The quantitative estimate of drug-likeness (QED) is 0.217. The minimum absolute atomic E-state index is 1.17. The highest BCUT2D eigenvalue weighted by Crippen LogP contribution is 2.41. The Morgan fingerprint density at radius 3 is 1.62 bits per heavy atom. The minimum Gasteiger partial charge on any atom is -0.309 e. The van der Waals surface area contributed by atoms with Crippen LogP contribution < -0.4 is 0 Å². The van der Waals surface area contributed by atoms with Crippen LogP contribution in [0.4, 0.5) is 0 Å². The van der Waals surface area contributed by atoms with Gasteiger partial charge in [-0.15, -0.1) is 11.3 Å². The number of para-hydroxylation sites is 3. The summed E-state index contributed by atoms with van der Waals surface area (Å²) in [4.78, 5) is 0. The average molecular weight is 515 g/mol. The average Bonchev–Trinajstić information content (AvgIpc) is 3.65. The zero-order chi connectivity index (χ0) is 25.5. The molecule has 0 aliphatic carbocycles. The Kier molecular flexibility index (Phi) is 4.24. The summed E-state index contributed by atoms with van der Waals surface area (Å²) in [6, 6.07) is 48.7. The molecule has 0 amide bonds. The third kappa shape index (κ3) is 2.85. The van der Waals surface area contributed by atoms with Crippen molar-refractivity contribution in [1.29, 1.82) is 0 Å². The van der Waals surface area contributed by atoms with Crippen molar-refractivity contribution in [3.05, 3.63) is 133 Å². The summed E-state index contributed by atoms with van der Waals surface area (Å²) in [6.07, 6.45) is 0. The van der Waals surface area contributed by atoms with Crippen LogP contribution in [0.2, 0.25) is 0 Å². The van der Waals surface area contributed by atoms with Crippen LogP contribution in [0, 0.1) is 0 Å². The highest BCUT2D eigenvalue weighted by molar-refractivity contribution is 7.26. The van der Waals surface area contributed by atoms with Crippen LogP contribution in [0.1, 0.15) is 0 Å². The fourth-order valence-electron chi connectivity index (χ4n) is 6.47. The minimum atomic E-state index is 1.17. The van der Waals surface area contributed by atoms with E-state index < -0.39 is 0 Å². The van der Waals surface area contributed by atoms with Gasteiger partial charge in [0.05, 0.1) is 32.5 Å².